The third-order valence-corrected chi connectivity index (χ3v) is 3.07. The van der Waals surface area contributed by atoms with Crippen LogP contribution < -0.4 is 0 Å². The van der Waals surface area contributed by atoms with E-state index in [1.54, 1.807) is 29.3 Å². The highest BCUT2D eigenvalue weighted by Crippen LogP contribution is 2.29. The van der Waals surface area contributed by atoms with E-state index < -0.39 is 6.17 Å². The Hall–Kier alpha value is -1.71. The highest BCUT2D eigenvalue weighted by atomic mass is 19.1. The fourth-order valence-corrected chi connectivity index (χ4v) is 2.28. The van der Waals surface area contributed by atoms with Gasteiger partial charge in [0.1, 0.15) is 6.17 Å². The first-order valence-corrected chi connectivity index (χ1v) is 5.34. The SMILES string of the molecule is O=C1c2ccccc2N=CC2C[C@H](F)CN12. The van der Waals surface area contributed by atoms with Gasteiger partial charge >= 0.3 is 0 Å². The summed E-state index contributed by atoms with van der Waals surface area (Å²) in [6, 6.07) is 7.00. The molecular weight excluding hydrogens is 207 g/mol. The van der Waals surface area contributed by atoms with Gasteiger partial charge in [0, 0.05) is 12.6 Å². The topological polar surface area (TPSA) is 32.7 Å². The van der Waals surface area contributed by atoms with E-state index in [1.807, 2.05) is 6.07 Å². The number of aliphatic imine (C=N–C) groups is 1. The largest absolute Gasteiger partial charge is 0.328 e. The van der Waals surface area contributed by atoms with Crippen LogP contribution in [0.25, 0.3) is 0 Å². The van der Waals surface area contributed by atoms with Gasteiger partial charge in [-0.15, -0.1) is 0 Å². The summed E-state index contributed by atoms with van der Waals surface area (Å²) >= 11 is 0. The minimum atomic E-state index is -0.925. The number of amides is 1. The molecule has 0 bridgehead atoms. The average Bonchev–Trinajstić information content (AvgIpc) is 2.62. The lowest BCUT2D eigenvalue weighted by Gasteiger charge is -2.19. The number of carbonyl (C=O) groups is 1. The second kappa shape index (κ2) is 3.40. The number of rotatable bonds is 0. The summed E-state index contributed by atoms with van der Waals surface area (Å²) in [5.41, 5.74) is 1.24. The van der Waals surface area contributed by atoms with Gasteiger partial charge in [-0.2, -0.15) is 0 Å². The molecule has 0 N–H and O–H groups in total. The van der Waals surface area contributed by atoms with Crippen molar-refractivity contribution in [1.29, 1.82) is 0 Å². The zero-order valence-electron chi connectivity index (χ0n) is 8.64. The van der Waals surface area contributed by atoms with E-state index in [1.165, 1.54) is 0 Å². The first kappa shape index (κ1) is 9.51. The molecule has 16 heavy (non-hydrogen) atoms. The lowest BCUT2D eigenvalue weighted by atomic mass is 10.1. The Bertz CT molecular complexity index is 472. The van der Waals surface area contributed by atoms with Crippen LogP contribution >= 0.6 is 0 Å². The summed E-state index contributed by atoms with van der Waals surface area (Å²) in [5.74, 6) is -0.113. The normalized spacial score (nSPS) is 27.6. The van der Waals surface area contributed by atoms with Gasteiger partial charge in [-0.05, 0) is 12.1 Å². The van der Waals surface area contributed by atoms with Gasteiger partial charge in [0.05, 0.1) is 23.8 Å². The fourth-order valence-electron chi connectivity index (χ4n) is 2.28. The fraction of sp³-hybridized carbons (Fsp3) is 0.333. The molecule has 1 saturated heterocycles. The standard InChI is InChI=1S/C12H11FN2O/c13-8-5-9-6-14-11-4-2-1-3-10(11)12(16)15(9)7-8/h1-4,6,8-9H,5,7H2/t8-,9?/m0/s1. The van der Waals surface area contributed by atoms with Crippen molar-refractivity contribution in [2.75, 3.05) is 6.54 Å². The summed E-state index contributed by atoms with van der Waals surface area (Å²) in [6.07, 6.45) is 1.12. The minimum Gasteiger partial charge on any atom is -0.328 e. The number of hydrogen-bond acceptors (Lipinski definition) is 2. The molecule has 82 valence electrons. The molecule has 4 heteroatoms. The van der Waals surface area contributed by atoms with Crippen molar-refractivity contribution in [3.05, 3.63) is 29.8 Å². The number of alkyl halides is 1. The van der Waals surface area contributed by atoms with Gasteiger partial charge in [-0.1, -0.05) is 12.1 Å². The third-order valence-electron chi connectivity index (χ3n) is 3.07. The zero-order valence-corrected chi connectivity index (χ0v) is 8.64. The number of nitrogens with zero attached hydrogens (tertiary/aromatic N) is 2. The first-order chi connectivity index (χ1) is 7.75. The Balaban J connectivity index is 2.07. The molecule has 2 heterocycles. The monoisotopic (exact) mass is 218 g/mol. The van der Waals surface area contributed by atoms with Crippen molar-refractivity contribution in [3.8, 4) is 0 Å². The number of hydrogen-bond donors (Lipinski definition) is 0. The van der Waals surface area contributed by atoms with E-state index in [4.69, 9.17) is 0 Å². The minimum absolute atomic E-state index is 0.113. The number of halogens is 1. The van der Waals surface area contributed by atoms with E-state index in [-0.39, 0.29) is 18.5 Å². The zero-order chi connectivity index (χ0) is 11.1. The lowest BCUT2D eigenvalue weighted by Crippen LogP contribution is -2.35. The second-order valence-corrected chi connectivity index (χ2v) is 4.15. The van der Waals surface area contributed by atoms with E-state index >= 15 is 0 Å². The highest BCUT2D eigenvalue weighted by molar-refractivity contribution is 6.02. The molecule has 1 aromatic rings. The Morgan fingerprint density at radius 3 is 3.06 bits per heavy atom. The van der Waals surface area contributed by atoms with Crippen molar-refractivity contribution < 1.29 is 9.18 Å². The average molecular weight is 218 g/mol. The third kappa shape index (κ3) is 1.33. The maximum Gasteiger partial charge on any atom is 0.256 e. The molecule has 3 nitrogen and oxygen atoms in total. The van der Waals surface area contributed by atoms with Crippen molar-refractivity contribution in [1.82, 2.24) is 4.90 Å². The van der Waals surface area contributed by atoms with Crippen LogP contribution in [0.3, 0.4) is 0 Å². The molecule has 1 unspecified atom stereocenters. The lowest BCUT2D eigenvalue weighted by molar-refractivity contribution is 0.0766. The first-order valence-electron chi connectivity index (χ1n) is 5.34. The number of para-hydroxylation sites is 1. The van der Waals surface area contributed by atoms with Gasteiger partial charge in [-0.25, -0.2) is 4.39 Å². The number of benzene rings is 1. The summed E-state index contributed by atoms with van der Waals surface area (Å²) in [5, 5.41) is 0. The van der Waals surface area contributed by atoms with Gasteiger partial charge in [0.15, 0.2) is 0 Å². The van der Waals surface area contributed by atoms with E-state index in [9.17, 15) is 9.18 Å². The van der Waals surface area contributed by atoms with Crippen molar-refractivity contribution >= 4 is 17.8 Å². The van der Waals surface area contributed by atoms with Crippen LogP contribution in [-0.2, 0) is 0 Å². The smallest absolute Gasteiger partial charge is 0.256 e. The molecule has 2 aliphatic rings. The van der Waals surface area contributed by atoms with Crippen molar-refractivity contribution in [2.45, 2.75) is 18.6 Å². The van der Waals surface area contributed by atoms with E-state index in [0.717, 1.165) is 0 Å². The summed E-state index contributed by atoms with van der Waals surface area (Å²) in [4.78, 5) is 18.0. The molecule has 1 fully saturated rings. The molecule has 0 saturated carbocycles. The van der Waals surface area contributed by atoms with Crippen LogP contribution in [0.15, 0.2) is 29.3 Å². The van der Waals surface area contributed by atoms with Crippen LogP contribution in [0.2, 0.25) is 0 Å². The van der Waals surface area contributed by atoms with Crippen LogP contribution in [0.5, 0.6) is 0 Å². The van der Waals surface area contributed by atoms with Gasteiger partial charge < -0.3 is 4.90 Å². The highest BCUT2D eigenvalue weighted by Gasteiger charge is 2.36. The van der Waals surface area contributed by atoms with E-state index in [0.29, 0.717) is 17.7 Å². The second-order valence-electron chi connectivity index (χ2n) is 4.15. The Morgan fingerprint density at radius 2 is 2.19 bits per heavy atom. The van der Waals surface area contributed by atoms with Gasteiger partial charge in [-0.3, -0.25) is 9.79 Å². The van der Waals surface area contributed by atoms with Crippen LogP contribution in [0.1, 0.15) is 16.8 Å². The maximum absolute atomic E-state index is 13.3. The molecule has 0 spiro atoms. The van der Waals surface area contributed by atoms with Crippen LogP contribution in [-0.4, -0.2) is 35.8 Å². The van der Waals surface area contributed by atoms with Crippen LogP contribution in [0.4, 0.5) is 10.1 Å². The van der Waals surface area contributed by atoms with Gasteiger partial charge in [0.25, 0.3) is 5.91 Å². The Morgan fingerprint density at radius 1 is 1.38 bits per heavy atom. The molecule has 0 aromatic heterocycles. The van der Waals surface area contributed by atoms with Gasteiger partial charge in [0.2, 0.25) is 0 Å². The molecule has 2 aliphatic heterocycles. The Kier molecular flexibility index (Phi) is 2.02. The Labute approximate surface area is 92.6 Å². The van der Waals surface area contributed by atoms with Crippen molar-refractivity contribution in [2.24, 2.45) is 4.99 Å². The molecule has 1 amide bonds. The maximum atomic E-state index is 13.3. The predicted octanol–water partition coefficient (Wildman–Crippen LogP) is 1.96. The predicted molar refractivity (Wildman–Crippen MR) is 58.9 cm³/mol. The number of carbonyl (C=O) groups excluding carboxylic acids is 1. The summed E-state index contributed by atoms with van der Waals surface area (Å²) in [7, 11) is 0. The van der Waals surface area contributed by atoms with Crippen LogP contribution in [0, 0.1) is 0 Å². The summed E-state index contributed by atoms with van der Waals surface area (Å²) in [6.45, 7) is 0.184. The molecule has 0 radical (unpaired) electrons. The molecular formula is C12H11FN2O. The van der Waals surface area contributed by atoms with E-state index in [2.05, 4.69) is 4.99 Å². The summed E-state index contributed by atoms with van der Waals surface area (Å²) < 4.78 is 13.3. The molecule has 3 rings (SSSR count). The quantitative estimate of drug-likeness (QED) is 0.655. The molecule has 0 aliphatic carbocycles. The number of fused-ring (bicyclic) bond motifs is 2. The molecule has 1 aromatic carbocycles. The van der Waals surface area contributed by atoms with Crippen molar-refractivity contribution in [3.63, 3.8) is 0 Å². The molecule has 2 atom stereocenters.